The van der Waals surface area contributed by atoms with Gasteiger partial charge < -0.3 is 14.9 Å². The van der Waals surface area contributed by atoms with Crippen LogP contribution in [-0.4, -0.2) is 28.9 Å². The third kappa shape index (κ3) is 4.06. The summed E-state index contributed by atoms with van der Waals surface area (Å²) in [5, 5.41) is 24.6. The van der Waals surface area contributed by atoms with Gasteiger partial charge in [0.05, 0.1) is 6.21 Å². The van der Waals surface area contributed by atoms with E-state index in [-0.39, 0.29) is 18.1 Å². The van der Waals surface area contributed by atoms with E-state index in [9.17, 15) is 15.0 Å². The van der Waals surface area contributed by atoms with Crippen LogP contribution in [0.1, 0.15) is 5.56 Å². The molecule has 0 aliphatic rings. The predicted molar refractivity (Wildman–Crippen MR) is 95.0 cm³/mol. The van der Waals surface area contributed by atoms with Gasteiger partial charge in [-0.2, -0.15) is 5.10 Å². The first-order valence-electron chi connectivity index (χ1n) is 7.58. The number of carbonyl (C=O) groups excluding carboxylic acids is 1. The molecule has 3 rings (SSSR count). The van der Waals surface area contributed by atoms with Crippen LogP contribution in [0.3, 0.4) is 0 Å². The molecule has 126 valence electrons. The Morgan fingerprint density at radius 1 is 1.08 bits per heavy atom. The van der Waals surface area contributed by atoms with E-state index >= 15 is 0 Å². The third-order valence-corrected chi connectivity index (χ3v) is 3.52. The highest BCUT2D eigenvalue weighted by molar-refractivity contribution is 5.89. The van der Waals surface area contributed by atoms with Crippen LogP contribution in [-0.2, 0) is 4.79 Å². The van der Waals surface area contributed by atoms with Gasteiger partial charge >= 0.3 is 0 Å². The topological polar surface area (TPSA) is 91.2 Å². The standard InChI is InChI=1S/C19H16N2O4/c22-15-9-8-14(17(23)10-15)11-20-21-19(24)12-25-18-7-3-5-13-4-1-2-6-16(13)18/h1-11,22-23H,12H2,(H,21,24)/b20-11+. The highest BCUT2D eigenvalue weighted by Gasteiger charge is 2.05. The zero-order valence-corrected chi connectivity index (χ0v) is 13.2. The maximum Gasteiger partial charge on any atom is 0.277 e. The number of phenols is 2. The number of phenolic OH excluding ortho intramolecular Hbond substituents is 2. The molecule has 0 unspecified atom stereocenters. The second-order valence-electron chi connectivity index (χ2n) is 5.30. The molecule has 0 bridgehead atoms. The van der Waals surface area contributed by atoms with Gasteiger partial charge in [-0.25, -0.2) is 5.43 Å². The van der Waals surface area contributed by atoms with Crippen molar-refractivity contribution in [3.05, 3.63) is 66.2 Å². The highest BCUT2D eigenvalue weighted by Crippen LogP contribution is 2.25. The molecule has 6 nitrogen and oxygen atoms in total. The minimum Gasteiger partial charge on any atom is -0.508 e. The highest BCUT2D eigenvalue weighted by atomic mass is 16.5. The summed E-state index contributed by atoms with van der Waals surface area (Å²) in [7, 11) is 0. The molecule has 0 aromatic heterocycles. The molecular formula is C19H16N2O4. The molecule has 3 N–H and O–H groups in total. The number of fused-ring (bicyclic) bond motifs is 1. The van der Waals surface area contributed by atoms with Gasteiger partial charge in [-0.05, 0) is 23.6 Å². The fourth-order valence-corrected chi connectivity index (χ4v) is 2.31. The van der Waals surface area contributed by atoms with E-state index in [4.69, 9.17) is 4.74 Å². The molecule has 0 aliphatic heterocycles. The monoisotopic (exact) mass is 336 g/mol. The van der Waals surface area contributed by atoms with E-state index in [1.807, 2.05) is 36.4 Å². The first-order valence-corrected chi connectivity index (χ1v) is 7.58. The van der Waals surface area contributed by atoms with E-state index in [2.05, 4.69) is 10.5 Å². The fourth-order valence-electron chi connectivity index (χ4n) is 2.31. The number of nitrogens with one attached hydrogen (secondary N) is 1. The Balaban J connectivity index is 1.58. The Hall–Kier alpha value is -3.54. The Labute approximate surface area is 144 Å². The molecule has 0 saturated carbocycles. The number of hydrogen-bond acceptors (Lipinski definition) is 5. The molecule has 3 aromatic carbocycles. The summed E-state index contributed by atoms with van der Waals surface area (Å²) in [5.74, 6) is 0.00281. The lowest BCUT2D eigenvalue weighted by atomic mass is 10.1. The van der Waals surface area contributed by atoms with Gasteiger partial charge in [0.15, 0.2) is 6.61 Å². The molecule has 0 fully saturated rings. The zero-order valence-electron chi connectivity index (χ0n) is 13.2. The van der Waals surface area contributed by atoms with Gasteiger partial charge in [0.25, 0.3) is 5.91 Å². The number of hydrogen-bond donors (Lipinski definition) is 3. The maximum absolute atomic E-state index is 11.8. The summed E-state index contributed by atoms with van der Waals surface area (Å²) < 4.78 is 5.55. The lowest BCUT2D eigenvalue weighted by molar-refractivity contribution is -0.123. The van der Waals surface area contributed by atoms with Crippen molar-refractivity contribution >= 4 is 22.9 Å². The van der Waals surface area contributed by atoms with Gasteiger partial charge in [-0.1, -0.05) is 36.4 Å². The van der Waals surface area contributed by atoms with Crippen LogP contribution in [0.5, 0.6) is 17.2 Å². The SMILES string of the molecule is O=C(COc1cccc2ccccc12)N/N=C/c1ccc(O)cc1O. The van der Waals surface area contributed by atoms with E-state index < -0.39 is 5.91 Å². The van der Waals surface area contributed by atoms with Crippen molar-refractivity contribution in [2.24, 2.45) is 5.10 Å². The van der Waals surface area contributed by atoms with Crippen molar-refractivity contribution in [2.75, 3.05) is 6.61 Å². The second kappa shape index (κ2) is 7.35. The summed E-state index contributed by atoms with van der Waals surface area (Å²) >= 11 is 0. The van der Waals surface area contributed by atoms with Gasteiger partial charge in [0.1, 0.15) is 17.2 Å². The van der Waals surface area contributed by atoms with Crippen LogP contribution in [0.25, 0.3) is 10.8 Å². The molecule has 0 heterocycles. The lowest BCUT2D eigenvalue weighted by Crippen LogP contribution is -2.24. The summed E-state index contributed by atoms with van der Waals surface area (Å²) in [5.41, 5.74) is 2.69. The largest absolute Gasteiger partial charge is 0.508 e. The minimum atomic E-state index is -0.428. The van der Waals surface area contributed by atoms with Crippen LogP contribution < -0.4 is 10.2 Å². The smallest absolute Gasteiger partial charge is 0.277 e. The fraction of sp³-hybridized carbons (Fsp3) is 0.0526. The van der Waals surface area contributed by atoms with Crippen LogP contribution >= 0.6 is 0 Å². The normalized spacial score (nSPS) is 10.9. The Morgan fingerprint density at radius 3 is 2.72 bits per heavy atom. The van der Waals surface area contributed by atoms with Crippen LogP contribution in [0.2, 0.25) is 0 Å². The van der Waals surface area contributed by atoms with Gasteiger partial charge in [-0.15, -0.1) is 0 Å². The van der Waals surface area contributed by atoms with Crippen LogP contribution in [0.15, 0.2) is 65.8 Å². The molecule has 0 aliphatic carbocycles. The van der Waals surface area contributed by atoms with Crippen LogP contribution in [0.4, 0.5) is 0 Å². The van der Waals surface area contributed by atoms with Gasteiger partial charge in [-0.3, -0.25) is 4.79 Å². The van der Waals surface area contributed by atoms with Crippen molar-refractivity contribution in [2.45, 2.75) is 0 Å². The molecule has 0 saturated heterocycles. The lowest BCUT2D eigenvalue weighted by Gasteiger charge is -2.08. The van der Waals surface area contributed by atoms with Crippen molar-refractivity contribution in [1.29, 1.82) is 0 Å². The Morgan fingerprint density at radius 2 is 1.88 bits per heavy atom. The van der Waals surface area contributed by atoms with Gasteiger partial charge in [0.2, 0.25) is 0 Å². The van der Waals surface area contributed by atoms with Crippen molar-refractivity contribution in [1.82, 2.24) is 5.43 Å². The van der Waals surface area contributed by atoms with Crippen LogP contribution in [0, 0.1) is 0 Å². The number of carbonyl (C=O) groups is 1. The van der Waals surface area contributed by atoms with Crippen molar-refractivity contribution in [3.63, 3.8) is 0 Å². The number of ether oxygens (including phenoxy) is 1. The molecule has 0 spiro atoms. The molecule has 6 heteroatoms. The molecule has 0 radical (unpaired) electrons. The predicted octanol–water partition coefficient (Wildman–Crippen LogP) is 2.78. The summed E-state index contributed by atoms with van der Waals surface area (Å²) in [6.07, 6.45) is 1.28. The second-order valence-corrected chi connectivity index (χ2v) is 5.30. The van der Waals surface area contributed by atoms with Gasteiger partial charge in [0, 0.05) is 17.0 Å². The minimum absolute atomic E-state index is 0.0535. The molecule has 1 amide bonds. The van der Waals surface area contributed by atoms with E-state index in [0.29, 0.717) is 11.3 Å². The summed E-state index contributed by atoms with van der Waals surface area (Å²) in [6, 6.07) is 17.4. The number of aromatic hydroxyl groups is 2. The number of rotatable bonds is 5. The quantitative estimate of drug-likeness (QED) is 0.493. The first-order chi connectivity index (χ1) is 12.1. The first kappa shape index (κ1) is 16.3. The third-order valence-electron chi connectivity index (χ3n) is 3.52. The average Bonchev–Trinajstić information content (AvgIpc) is 2.62. The number of amides is 1. The summed E-state index contributed by atoms with van der Waals surface area (Å²) in [6.45, 7) is -0.188. The number of hydrazone groups is 1. The molecule has 25 heavy (non-hydrogen) atoms. The molecular weight excluding hydrogens is 320 g/mol. The Bertz CT molecular complexity index is 932. The van der Waals surface area contributed by atoms with E-state index in [1.165, 1.54) is 24.4 Å². The van der Waals surface area contributed by atoms with E-state index in [0.717, 1.165) is 10.8 Å². The zero-order chi connectivity index (χ0) is 17.6. The number of benzene rings is 3. The van der Waals surface area contributed by atoms with Crippen molar-refractivity contribution < 1.29 is 19.7 Å². The maximum atomic E-state index is 11.8. The molecule has 3 aromatic rings. The Kier molecular flexibility index (Phi) is 4.80. The average molecular weight is 336 g/mol. The number of nitrogens with zero attached hydrogens (tertiary/aromatic N) is 1. The molecule has 0 atom stereocenters. The van der Waals surface area contributed by atoms with Crippen molar-refractivity contribution in [3.8, 4) is 17.2 Å². The summed E-state index contributed by atoms with van der Waals surface area (Å²) in [4.78, 5) is 11.8. The van der Waals surface area contributed by atoms with E-state index in [1.54, 1.807) is 6.07 Å².